The minimum atomic E-state index is 0. The van der Waals surface area contributed by atoms with Crippen molar-refractivity contribution in [2.45, 2.75) is 6.54 Å². The summed E-state index contributed by atoms with van der Waals surface area (Å²) in [7, 11) is 1.87. The fraction of sp³-hybridized carbons (Fsp3) is 0.250. The monoisotopic (exact) mass is 251 g/mol. The molecule has 0 unspecified atom stereocenters. The molecule has 0 aliphatic rings. The lowest BCUT2D eigenvalue weighted by atomic mass is 10.2. The van der Waals surface area contributed by atoms with E-state index in [1.54, 1.807) is 6.07 Å². The quantitative estimate of drug-likeness (QED) is 0.846. The van der Waals surface area contributed by atoms with E-state index in [-0.39, 0.29) is 18.2 Å². The molecule has 0 heterocycles. The van der Waals surface area contributed by atoms with Crippen molar-refractivity contribution in [3.63, 3.8) is 0 Å². The predicted molar refractivity (Wildman–Crippen MR) is 55.8 cm³/mol. The fourth-order valence-corrected chi connectivity index (χ4v) is 1.30. The molecule has 0 aliphatic heterocycles. The second-order valence-electron chi connectivity index (χ2n) is 2.28. The smallest absolute Gasteiger partial charge is 0.130 e. The predicted octanol–water partition coefficient (Wildman–Crippen LogP) is 2.30. The molecule has 1 aromatic carbocycles. The van der Waals surface area contributed by atoms with Gasteiger partial charge in [-0.3, -0.25) is 0 Å². The topological polar surface area (TPSA) is 32.3 Å². The van der Waals surface area contributed by atoms with E-state index in [0.717, 1.165) is 16.6 Å². The summed E-state index contributed by atoms with van der Waals surface area (Å²) in [6, 6.07) is 5.44. The summed E-state index contributed by atoms with van der Waals surface area (Å²) in [6.07, 6.45) is 0. The van der Waals surface area contributed by atoms with Crippen LogP contribution >= 0.6 is 28.3 Å². The van der Waals surface area contributed by atoms with Crippen molar-refractivity contribution in [2.24, 2.45) is 0 Å². The number of benzene rings is 1. The molecule has 0 saturated heterocycles. The van der Waals surface area contributed by atoms with Gasteiger partial charge in [0.2, 0.25) is 0 Å². The van der Waals surface area contributed by atoms with Crippen molar-refractivity contribution in [1.29, 1.82) is 0 Å². The second-order valence-corrected chi connectivity index (χ2v) is 3.07. The van der Waals surface area contributed by atoms with Gasteiger partial charge >= 0.3 is 0 Å². The van der Waals surface area contributed by atoms with Crippen molar-refractivity contribution in [2.75, 3.05) is 7.05 Å². The van der Waals surface area contributed by atoms with Gasteiger partial charge in [0.25, 0.3) is 0 Å². The van der Waals surface area contributed by atoms with Crippen LogP contribution in [0, 0.1) is 0 Å². The number of halogens is 2. The Hall–Kier alpha value is -0.250. The van der Waals surface area contributed by atoms with Gasteiger partial charge in [0, 0.05) is 6.54 Å². The van der Waals surface area contributed by atoms with Gasteiger partial charge in [-0.05, 0) is 34.6 Å². The Morgan fingerprint density at radius 2 is 2.17 bits per heavy atom. The SMILES string of the molecule is CNCc1cccc(O)c1Br.Cl. The van der Waals surface area contributed by atoms with E-state index in [0.29, 0.717) is 0 Å². The van der Waals surface area contributed by atoms with E-state index in [4.69, 9.17) is 0 Å². The molecule has 0 atom stereocenters. The maximum absolute atomic E-state index is 9.25. The first-order valence-corrected chi connectivity index (χ1v) is 4.16. The molecular weight excluding hydrogens is 241 g/mol. The van der Waals surface area contributed by atoms with Crippen molar-refractivity contribution in [3.05, 3.63) is 28.2 Å². The van der Waals surface area contributed by atoms with Crippen molar-refractivity contribution in [1.82, 2.24) is 5.32 Å². The first kappa shape index (κ1) is 11.8. The largest absolute Gasteiger partial charge is 0.507 e. The molecule has 0 bridgehead atoms. The van der Waals surface area contributed by atoms with Gasteiger partial charge in [0.05, 0.1) is 4.47 Å². The van der Waals surface area contributed by atoms with Gasteiger partial charge in [0.1, 0.15) is 5.75 Å². The Morgan fingerprint density at radius 1 is 1.50 bits per heavy atom. The normalized spacial score (nSPS) is 9.17. The van der Waals surface area contributed by atoms with E-state index < -0.39 is 0 Å². The molecule has 1 rings (SSSR count). The van der Waals surface area contributed by atoms with Gasteiger partial charge in [-0.25, -0.2) is 0 Å². The molecule has 0 amide bonds. The Labute approximate surface area is 86.5 Å². The summed E-state index contributed by atoms with van der Waals surface area (Å²) in [4.78, 5) is 0. The van der Waals surface area contributed by atoms with Gasteiger partial charge in [0.15, 0.2) is 0 Å². The van der Waals surface area contributed by atoms with Crippen LogP contribution in [-0.2, 0) is 6.54 Å². The number of aromatic hydroxyl groups is 1. The zero-order chi connectivity index (χ0) is 8.27. The molecule has 2 nitrogen and oxygen atoms in total. The zero-order valence-electron chi connectivity index (χ0n) is 6.67. The van der Waals surface area contributed by atoms with Gasteiger partial charge in [-0.2, -0.15) is 0 Å². The maximum atomic E-state index is 9.25. The minimum absolute atomic E-state index is 0. The van der Waals surface area contributed by atoms with Crippen LogP contribution in [0.25, 0.3) is 0 Å². The number of rotatable bonds is 2. The van der Waals surface area contributed by atoms with Crippen LogP contribution in [0.1, 0.15) is 5.56 Å². The molecule has 68 valence electrons. The van der Waals surface area contributed by atoms with Crippen LogP contribution in [0.3, 0.4) is 0 Å². The van der Waals surface area contributed by atoms with Crippen LogP contribution in [0.2, 0.25) is 0 Å². The summed E-state index contributed by atoms with van der Waals surface area (Å²) in [5.41, 5.74) is 1.06. The summed E-state index contributed by atoms with van der Waals surface area (Å²) in [5.74, 6) is 0.290. The van der Waals surface area contributed by atoms with Crippen LogP contribution < -0.4 is 5.32 Å². The van der Waals surface area contributed by atoms with Gasteiger partial charge in [-0.1, -0.05) is 12.1 Å². The molecule has 12 heavy (non-hydrogen) atoms. The van der Waals surface area contributed by atoms with Crippen LogP contribution in [-0.4, -0.2) is 12.2 Å². The average Bonchev–Trinajstić information content (AvgIpc) is 1.99. The van der Waals surface area contributed by atoms with E-state index in [1.807, 2.05) is 19.2 Å². The summed E-state index contributed by atoms with van der Waals surface area (Å²) in [6.45, 7) is 0.759. The van der Waals surface area contributed by atoms with E-state index in [1.165, 1.54) is 0 Å². The molecule has 0 saturated carbocycles. The molecular formula is C8H11BrClNO. The summed E-state index contributed by atoms with van der Waals surface area (Å²) >= 11 is 3.29. The lowest BCUT2D eigenvalue weighted by molar-refractivity contribution is 0.470. The van der Waals surface area contributed by atoms with E-state index >= 15 is 0 Å². The Morgan fingerprint density at radius 3 is 2.75 bits per heavy atom. The highest BCUT2D eigenvalue weighted by atomic mass is 79.9. The van der Waals surface area contributed by atoms with Crippen LogP contribution in [0.15, 0.2) is 22.7 Å². The minimum Gasteiger partial charge on any atom is -0.507 e. The Kier molecular flexibility index (Phi) is 5.29. The molecule has 0 aromatic heterocycles. The lowest BCUT2D eigenvalue weighted by Gasteiger charge is -2.03. The molecule has 2 N–H and O–H groups in total. The highest BCUT2D eigenvalue weighted by Gasteiger charge is 2.01. The first-order chi connectivity index (χ1) is 5.25. The third-order valence-corrected chi connectivity index (χ3v) is 2.34. The number of hydrogen-bond donors (Lipinski definition) is 2. The molecule has 0 radical (unpaired) electrons. The van der Waals surface area contributed by atoms with E-state index in [9.17, 15) is 5.11 Å². The van der Waals surface area contributed by atoms with Gasteiger partial charge in [-0.15, -0.1) is 12.4 Å². The molecule has 4 heteroatoms. The first-order valence-electron chi connectivity index (χ1n) is 3.36. The van der Waals surface area contributed by atoms with Crippen LogP contribution in [0.4, 0.5) is 0 Å². The molecule has 0 fully saturated rings. The highest BCUT2D eigenvalue weighted by molar-refractivity contribution is 9.10. The number of phenols is 1. The third kappa shape index (κ3) is 2.66. The second kappa shape index (κ2) is 5.41. The standard InChI is InChI=1S/C8H10BrNO.ClH/c1-10-5-6-3-2-4-7(11)8(6)9;/h2-4,10-11H,5H2,1H3;1H. The highest BCUT2D eigenvalue weighted by Crippen LogP contribution is 2.26. The van der Waals surface area contributed by atoms with Crippen molar-refractivity contribution < 1.29 is 5.11 Å². The summed E-state index contributed by atoms with van der Waals surface area (Å²) in [5, 5.41) is 12.3. The molecule has 0 aliphatic carbocycles. The fourth-order valence-electron chi connectivity index (χ4n) is 0.893. The van der Waals surface area contributed by atoms with Gasteiger partial charge < -0.3 is 10.4 Å². The molecule has 1 aromatic rings. The average molecular weight is 253 g/mol. The lowest BCUT2D eigenvalue weighted by Crippen LogP contribution is -2.05. The Balaban J connectivity index is 0.00000121. The number of phenolic OH excluding ortho intramolecular Hbond substituents is 1. The number of nitrogens with one attached hydrogen (secondary N) is 1. The maximum Gasteiger partial charge on any atom is 0.130 e. The Bertz CT molecular complexity index is 255. The zero-order valence-corrected chi connectivity index (χ0v) is 9.08. The van der Waals surface area contributed by atoms with Crippen molar-refractivity contribution >= 4 is 28.3 Å². The van der Waals surface area contributed by atoms with E-state index in [2.05, 4.69) is 21.2 Å². The third-order valence-electron chi connectivity index (χ3n) is 1.43. The van der Waals surface area contributed by atoms with Crippen molar-refractivity contribution in [3.8, 4) is 5.75 Å². The van der Waals surface area contributed by atoms with Crippen LogP contribution in [0.5, 0.6) is 5.75 Å². The number of hydrogen-bond acceptors (Lipinski definition) is 2. The molecule has 0 spiro atoms. The summed E-state index contributed by atoms with van der Waals surface area (Å²) < 4.78 is 0.773.